The summed E-state index contributed by atoms with van der Waals surface area (Å²) in [4.78, 5) is 17.5. The van der Waals surface area contributed by atoms with Crippen molar-refractivity contribution in [3.63, 3.8) is 0 Å². The van der Waals surface area contributed by atoms with Gasteiger partial charge in [-0.05, 0) is 18.6 Å². The predicted octanol–water partition coefficient (Wildman–Crippen LogP) is 0.808. The van der Waals surface area contributed by atoms with Gasteiger partial charge < -0.3 is 10.6 Å². The molecule has 1 atom stereocenters. The van der Waals surface area contributed by atoms with E-state index in [0.717, 1.165) is 30.2 Å². The van der Waals surface area contributed by atoms with Crippen molar-refractivity contribution in [1.82, 2.24) is 9.80 Å². The summed E-state index contributed by atoms with van der Waals surface area (Å²) in [5.41, 5.74) is 5.83. The summed E-state index contributed by atoms with van der Waals surface area (Å²) in [6.45, 7) is 3.62. The van der Waals surface area contributed by atoms with E-state index in [9.17, 15) is 13.2 Å². The number of nitrogens with zero attached hydrogens (tertiary/aromatic N) is 2. The van der Waals surface area contributed by atoms with Crippen LogP contribution < -0.4 is 5.73 Å². The van der Waals surface area contributed by atoms with Gasteiger partial charge in [0.2, 0.25) is 5.91 Å². The lowest BCUT2D eigenvalue weighted by Crippen LogP contribution is -2.53. The zero-order valence-corrected chi connectivity index (χ0v) is 15.5. The number of piperazine rings is 1. The molecule has 1 aliphatic heterocycles. The molecule has 1 saturated heterocycles. The van der Waals surface area contributed by atoms with Gasteiger partial charge in [0.05, 0.1) is 16.1 Å². The molecule has 1 aromatic rings. The van der Waals surface area contributed by atoms with Gasteiger partial charge in [-0.25, -0.2) is 8.42 Å². The Hall–Kier alpha value is -0.670. The molecule has 0 radical (unpaired) electrons. The molecular weight excluding hydrogens is 358 g/mol. The number of rotatable bonds is 6. The van der Waals surface area contributed by atoms with Crippen molar-refractivity contribution in [2.24, 2.45) is 5.73 Å². The maximum atomic E-state index is 12.3. The van der Waals surface area contributed by atoms with E-state index in [1.165, 1.54) is 4.88 Å². The average Bonchev–Trinajstić information content (AvgIpc) is 2.89. The van der Waals surface area contributed by atoms with E-state index in [-0.39, 0.29) is 18.1 Å². The van der Waals surface area contributed by atoms with Crippen molar-refractivity contribution in [2.75, 3.05) is 38.2 Å². The van der Waals surface area contributed by atoms with E-state index in [1.807, 2.05) is 12.1 Å². The quantitative estimate of drug-likeness (QED) is 0.790. The summed E-state index contributed by atoms with van der Waals surface area (Å²) in [7, 11) is -3.09. The molecule has 0 spiro atoms. The highest BCUT2D eigenvalue weighted by Gasteiger charge is 2.26. The van der Waals surface area contributed by atoms with Crippen LogP contribution in [0, 0.1) is 0 Å². The van der Waals surface area contributed by atoms with Gasteiger partial charge in [-0.1, -0.05) is 11.6 Å². The topological polar surface area (TPSA) is 83.7 Å². The van der Waals surface area contributed by atoms with Crippen LogP contribution in [0.4, 0.5) is 0 Å². The minimum absolute atomic E-state index is 0.0565. The van der Waals surface area contributed by atoms with E-state index in [4.69, 9.17) is 17.3 Å². The smallest absolute Gasteiger partial charge is 0.239 e. The molecule has 1 unspecified atom stereocenters. The van der Waals surface area contributed by atoms with Crippen LogP contribution >= 0.6 is 22.9 Å². The minimum atomic E-state index is -3.09. The first-order valence-electron chi connectivity index (χ1n) is 7.43. The van der Waals surface area contributed by atoms with Crippen LogP contribution in [-0.4, -0.2) is 68.4 Å². The minimum Gasteiger partial charge on any atom is -0.339 e. The van der Waals surface area contributed by atoms with E-state index < -0.39 is 15.9 Å². The summed E-state index contributed by atoms with van der Waals surface area (Å²) in [6, 6.07) is 3.17. The van der Waals surface area contributed by atoms with Crippen LogP contribution in [0.2, 0.25) is 4.34 Å². The maximum absolute atomic E-state index is 12.3. The number of hydrogen-bond acceptors (Lipinski definition) is 6. The van der Waals surface area contributed by atoms with E-state index >= 15 is 0 Å². The third-order valence-corrected chi connectivity index (χ3v) is 6.00. The first kappa shape index (κ1) is 18.7. The van der Waals surface area contributed by atoms with Crippen LogP contribution in [0.15, 0.2) is 12.1 Å². The van der Waals surface area contributed by atoms with E-state index in [0.29, 0.717) is 13.1 Å². The number of amides is 1. The van der Waals surface area contributed by atoms with Gasteiger partial charge in [0.1, 0.15) is 9.84 Å². The number of sulfone groups is 1. The molecule has 0 saturated carbocycles. The molecule has 1 fully saturated rings. The van der Waals surface area contributed by atoms with Crippen molar-refractivity contribution >= 4 is 38.7 Å². The molecule has 6 nitrogen and oxygen atoms in total. The van der Waals surface area contributed by atoms with Crippen LogP contribution in [-0.2, 0) is 21.2 Å². The molecule has 0 aromatic carbocycles. The lowest BCUT2D eigenvalue weighted by molar-refractivity contribution is -0.134. The summed E-state index contributed by atoms with van der Waals surface area (Å²) in [6.07, 6.45) is 1.32. The third-order valence-electron chi connectivity index (χ3n) is 3.81. The maximum Gasteiger partial charge on any atom is 0.239 e. The van der Waals surface area contributed by atoms with Gasteiger partial charge in [0.25, 0.3) is 0 Å². The molecule has 2 rings (SSSR count). The predicted molar refractivity (Wildman–Crippen MR) is 93.5 cm³/mol. The van der Waals surface area contributed by atoms with Gasteiger partial charge in [0, 0.05) is 43.9 Å². The average molecular weight is 380 g/mol. The van der Waals surface area contributed by atoms with Crippen molar-refractivity contribution in [1.29, 1.82) is 0 Å². The Bertz CT molecular complexity index is 639. The molecule has 2 heterocycles. The van der Waals surface area contributed by atoms with Crippen molar-refractivity contribution < 1.29 is 13.2 Å². The number of hydrogen-bond donors (Lipinski definition) is 1. The molecule has 23 heavy (non-hydrogen) atoms. The first-order valence-corrected chi connectivity index (χ1v) is 10.7. The van der Waals surface area contributed by atoms with Crippen LogP contribution in [0.25, 0.3) is 0 Å². The van der Waals surface area contributed by atoms with Crippen LogP contribution in [0.1, 0.15) is 11.3 Å². The Kier molecular flexibility index (Phi) is 6.44. The van der Waals surface area contributed by atoms with Crippen LogP contribution in [0.3, 0.4) is 0 Å². The highest BCUT2D eigenvalue weighted by Crippen LogP contribution is 2.23. The molecule has 2 N–H and O–H groups in total. The lowest BCUT2D eigenvalue weighted by Gasteiger charge is -2.35. The van der Waals surface area contributed by atoms with Gasteiger partial charge in [-0.2, -0.15) is 0 Å². The fourth-order valence-electron chi connectivity index (χ4n) is 2.48. The number of nitrogens with two attached hydrogens (primary N) is 1. The SMILES string of the molecule is CS(=O)(=O)CCC(N)C(=O)N1CCN(Cc2ccc(Cl)s2)CC1. The zero-order valence-electron chi connectivity index (χ0n) is 13.1. The zero-order chi connectivity index (χ0) is 17.0. The Balaban J connectivity index is 1.78. The molecule has 1 aromatic heterocycles. The molecule has 0 aliphatic carbocycles. The van der Waals surface area contributed by atoms with E-state index in [1.54, 1.807) is 16.2 Å². The number of halogens is 1. The lowest BCUT2D eigenvalue weighted by atomic mass is 10.2. The number of carbonyl (C=O) groups excluding carboxylic acids is 1. The second-order valence-corrected chi connectivity index (χ2v) is 9.89. The van der Waals surface area contributed by atoms with Crippen molar-refractivity contribution in [2.45, 2.75) is 19.0 Å². The highest BCUT2D eigenvalue weighted by molar-refractivity contribution is 7.90. The standard InChI is InChI=1S/C14H22ClN3O3S2/c1-23(20,21)9-4-12(16)14(19)18-7-5-17(6-8-18)10-11-2-3-13(15)22-11/h2-3,12H,4-10,16H2,1H3. The highest BCUT2D eigenvalue weighted by atomic mass is 35.5. The molecule has 130 valence electrons. The summed E-state index contributed by atoms with van der Waals surface area (Å²) >= 11 is 7.50. The monoisotopic (exact) mass is 379 g/mol. The molecule has 1 aliphatic rings. The summed E-state index contributed by atoms with van der Waals surface area (Å²) in [5.74, 6) is -0.216. The van der Waals surface area contributed by atoms with Gasteiger partial charge >= 0.3 is 0 Å². The summed E-state index contributed by atoms with van der Waals surface area (Å²) < 4.78 is 23.1. The van der Waals surface area contributed by atoms with Gasteiger partial charge in [0.15, 0.2) is 0 Å². The molecule has 1 amide bonds. The third kappa shape index (κ3) is 6.04. The normalized spacial score (nSPS) is 18.1. The molecule has 0 bridgehead atoms. The Morgan fingerprint density at radius 1 is 1.35 bits per heavy atom. The second kappa shape index (κ2) is 7.94. The Morgan fingerprint density at radius 3 is 2.52 bits per heavy atom. The Labute approximate surface area is 146 Å². The summed E-state index contributed by atoms with van der Waals surface area (Å²) in [5, 5.41) is 0. The molecular formula is C14H22ClN3O3S2. The second-order valence-electron chi connectivity index (χ2n) is 5.83. The molecule has 9 heteroatoms. The van der Waals surface area contributed by atoms with Crippen molar-refractivity contribution in [3.05, 3.63) is 21.3 Å². The van der Waals surface area contributed by atoms with E-state index in [2.05, 4.69) is 4.90 Å². The van der Waals surface area contributed by atoms with Crippen LogP contribution in [0.5, 0.6) is 0 Å². The van der Waals surface area contributed by atoms with Gasteiger partial charge in [-0.3, -0.25) is 9.69 Å². The number of carbonyl (C=O) groups is 1. The first-order chi connectivity index (χ1) is 10.7. The number of thiophene rings is 1. The Morgan fingerprint density at radius 2 is 2.00 bits per heavy atom. The van der Waals surface area contributed by atoms with Crippen molar-refractivity contribution in [3.8, 4) is 0 Å². The van der Waals surface area contributed by atoms with Gasteiger partial charge in [-0.15, -0.1) is 11.3 Å². The fraction of sp³-hybridized carbons (Fsp3) is 0.643. The fourth-order valence-corrected chi connectivity index (χ4v) is 4.29. The largest absolute Gasteiger partial charge is 0.339 e.